The van der Waals surface area contributed by atoms with E-state index in [1.54, 1.807) is 0 Å². The Balaban J connectivity index is 1.62. The quantitative estimate of drug-likeness (QED) is 0.898. The van der Waals surface area contributed by atoms with Gasteiger partial charge in [-0.3, -0.25) is 9.00 Å². The number of carbonyl (C=O) groups is 1. The molecule has 0 bridgehead atoms. The van der Waals surface area contributed by atoms with Gasteiger partial charge in [-0.1, -0.05) is 31.4 Å². The van der Waals surface area contributed by atoms with E-state index < -0.39 is 10.8 Å². The van der Waals surface area contributed by atoms with Gasteiger partial charge in [0.15, 0.2) is 5.69 Å². The molecule has 23 heavy (non-hydrogen) atoms. The Morgan fingerprint density at radius 2 is 2.13 bits per heavy atom. The number of rotatable bonds is 5. The van der Waals surface area contributed by atoms with Gasteiger partial charge in [-0.25, -0.2) is 0 Å². The van der Waals surface area contributed by atoms with Gasteiger partial charge in [-0.15, -0.1) is 0 Å². The van der Waals surface area contributed by atoms with Gasteiger partial charge in [-0.2, -0.15) is 8.75 Å². The molecule has 0 saturated heterocycles. The van der Waals surface area contributed by atoms with E-state index >= 15 is 0 Å². The molecule has 3 rings (SSSR count). The summed E-state index contributed by atoms with van der Waals surface area (Å²) in [5, 5.41) is 3.13. The monoisotopic (exact) mass is 349 g/mol. The fourth-order valence-corrected chi connectivity index (χ4v) is 4.82. The predicted molar refractivity (Wildman–Crippen MR) is 93.0 cm³/mol. The molecule has 0 aliphatic heterocycles. The van der Waals surface area contributed by atoms with Gasteiger partial charge in [0.25, 0.3) is 5.91 Å². The largest absolute Gasteiger partial charge is 0.321 e. The number of aromatic nitrogens is 2. The van der Waals surface area contributed by atoms with Crippen LogP contribution in [0.25, 0.3) is 0 Å². The third kappa shape index (κ3) is 4.45. The van der Waals surface area contributed by atoms with Crippen LogP contribution in [0.5, 0.6) is 0 Å². The minimum Gasteiger partial charge on any atom is -0.321 e. The first-order valence-corrected chi connectivity index (χ1v) is 9.88. The maximum Gasteiger partial charge on any atom is 0.277 e. The molecule has 1 saturated carbocycles. The molecule has 1 amide bonds. The molecule has 0 spiro atoms. The third-order valence-electron chi connectivity index (χ3n) is 4.01. The Labute approximate surface area is 142 Å². The van der Waals surface area contributed by atoms with E-state index in [1.807, 2.05) is 24.3 Å². The Hall–Kier alpha value is -1.60. The fraction of sp³-hybridized carbons (Fsp3) is 0.438. The molecule has 1 aliphatic rings. The second-order valence-corrected chi connectivity index (χ2v) is 8.01. The number of carbonyl (C=O) groups excluding carboxylic acids is 1. The molecular weight excluding hydrogens is 330 g/mol. The first-order chi connectivity index (χ1) is 11.2. The summed E-state index contributed by atoms with van der Waals surface area (Å²) in [6.45, 7) is 0. The van der Waals surface area contributed by atoms with Gasteiger partial charge < -0.3 is 5.32 Å². The first-order valence-electron chi connectivity index (χ1n) is 7.77. The molecule has 1 atom stereocenters. The number of hydrogen-bond donors (Lipinski definition) is 1. The van der Waals surface area contributed by atoms with Crippen molar-refractivity contribution in [3.8, 4) is 0 Å². The second-order valence-electron chi connectivity index (χ2n) is 5.73. The van der Waals surface area contributed by atoms with Crippen molar-refractivity contribution in [3.63, 3.8) is 0 Å². The van der Waals surface area contributed by atoms with Crippen LogP contribution in [-0.2, 0) is 16.6 Å². The smallest absolute Gasteiger partial charge is 0.277 e. The summed E-state index contributed by atoms with van der Waals surface area (Å²) < 4.78 is 20.2. The van der Waals surface area contributed by atoms with Crippen molar-refractivity contribution < 1.29 is 9.00 Å². The highest BCUT2D eigenvalue weighted by Gasteiger charge is 2.20. The minimum atomic E-state index is -0.841. The van der Waals surface area contributed by atoms with Gasteiger partial charge >= 0.3 is 0 Å². The summed E-state index contributed by atoms with van der Waals surface area (Å²) in [7, 11) is -0.841. The molecule has 5 nitrogen and oxygen atoms in total. The lowest BCUT2D eigenvalue weighted by Crippen LogP contribution is -2.20. The summed E-state index contributed by atoms with van der Waals surface area (Å²) in [4.78, 5) is 12.0. The second kappa shape index (κ2) is 7.79. The van der Waals surface area contributed by atoms with E-state index in [1.165, 1.54) is 25.5 Å². The zero-order valence-electron chi connectivity index (χ0n) is 12.7. The number of benzene rings is 1. The zero-order chi connectivity index (χ0) is 16.1. The number of hydrogen-bond acceptors (Lipinski definition) is 5. The lowest BCUT2D eigenvalue weighted by atomic mass is 10.0. The maximum absolute atomic E-state index is 12.5. The average Bonchev–Trinajstić information content (AvgIpc) is 3.10. The summed E-state index contributed by atoms with van der Waals surface area (Å²) in [6, 6.07) is 7.55. The predicted octanol–water partition coefficient (Wildman–Crippen LogP) is 3.37. The lowest BCUT2D eigenvalue weighted by molar-refractivity contribution is 0.102. The maximum atomic E-state index is 12.5. The Morgan fingerprint density at radius 1 is 1.30 bits per heavy atom. The molecule has 1 aliphatic carbocycles. The first kappa shape index (κ1) is 16.3. The molecule has 2 aromatic rings. The highest BCUT2D eigenvalue weighted by molar-refractivity contribution is 7.84. The van der Waals surface area contributed by atoms with Crippen LogP contribution in [0.1, 0.15) is 48.2 Å². The van der Waals surface area contributed by atoms with Crippen molar-refractivity contribution >= 4 is 34.1 Å². The molecule has 1 aromatic heterocycles. The topological polar surface area (TPSA) is 72.0 Å². The van der Waals surface area contributed by atoms with Crippen LogP contribution < -0.4 is 5.32 Å². The molecule has 7 heteroatoms. The summed E-state index contributed by atoms with van der Waals surface area (Å²) >= 11 is 1.00. The summed E-state index contributed by atoms with van der Waals surface area (Å²) in [5.41, 5.74) is 2.00. The number of nitrogens with zero attached hydrogens (tertiary/aromatic N) is 2. The highest BCUT2D eigenvalue weighted by Crippen LogP contribution is 2.24. The van der Waals surface area contributed by atoms with Crippen molar-refractivity contribution in [2.45, 2.75) is 43.1 Å². The third-order valence-corrected chi connectivity index (χ3v) is 6.32. The minimum absolute atomic E-state index is 0.274. The zero-order valence-corrected chi connectivity index (χ0v) is 14.4. The molecular formula is C16H19N3O2S2. The van der Waals surface area contributed by atoms with E-state index in [0.717, 1.165) is 30.1 Å². The van der Waals surface area contributed by atoms with E-state index in [9.17, 15) is 9.00 Å². The van der Waals surface area contributed by atoms with Gasteiger partial charge in [0.2, 0.25) is 0 Å². The SMILES string of the molecule is O=C(Nc1cccc(C[S@@](=O)C2CCCCC2)c1)c1cnsn1. The van der Waals surface area contributed by atoms with Gasteiger partial charge in [0.1, 0.15) is 0 Å². The van der Waals surface area contributed by atoms with E-state index in [4.69, 9.17) is 0 Å². The number of nitrogens with one attached hydrogen (secondary N) is 1. The van der Waals surface area contributed by atoms with Crippen LogP contribution in [0.15, 0.2) is 30.5 Å². The van der Waals surface area contributed by atoms with E-state index in [2.05, 4.69) is 14.1 Å². The highest BCUT2D eigenvalue weighted by atomic mass is 32.2. The lowest BCUT2D eigenvalue weighted by Gasteiger charge is -2.21. The number of anilines is 1. The van der Waals surface area contributed by atoms with Gasteiger partial charge in [0, 0.05) is 27.5 Å². The Morgan fingerprint density at radius 3 is 2.87 bits per heavy atom. The Bertz CT molecular complexity index is 682. The van der Waals surface area contributed by atoms with E-state index in [0.29, 0.717) is 22.4 Å². The summed E-state index contributed by atoms with van der Waals surface area (Å²) in [5.74, 6) is 0.274. The van der Waals surface area contributed by atoms with Gasteiger partial charge in [-0.05, 0) is 30.5 Å². The van der Waals surface area contributed by atoms with Crippen LogP contribution in [0, 0.1) is 0 Å². The van der Waals surface area contributed by atoms with Crippen molar-refractivity contribution in [2.24, 2.45) is 0 Å². The van der Waals surface area contributed by atoms with Crippen LogP contribution >= 0.6 is 11.7 Å². The Kier molecular flexibility index (Phi) is 5.51. The summed E-state index contributed by atoms with van der Waals surface area (Å²) in [6.07, 6.45) is 7.23. The normalized spacial score (nSPS) is 16.9. The number of amides is 1. The van der Waals surface area contributed by atoms with Gasteiger partial charge in [0.05, 0.1) is 17.9 Å². The van der Waals surface area contributed by atoms with Crippen LogP contribution in [0.2, 0.25) is 0 Å². The van der Waals surface area contributed by atoms with E-state index in [-0.39, 0.29) is 5.91 Å². The standard InChI is InChI=1S/C16H19N3O2S2/c20-16(15-10-17-22-19-15)18-13-6-4-5-12(9-13)11-23(21)14-7-2-1-3-8-14/h4-6,9-10,14H,1-3,7-8,11H2,(H,18,20)/t23-/m1/s1. The van der Waals surface area contributed by atoms with Crippen molar-refractivity contribution in [1.29, 1.82) is 0 Å². The van der Waals surface area contributed by atoms with Crippen molar-refractivity contribution in [1.82, 2.24) is 8.75 Å². The fourth-order valence-electron chi connectivity index (χ4n) is 2.81. The molecule has 1 heterocycles. The van der Waals surface area contributed by atoms with Crippen molar-refractivity contribution in [2.75, 3.05) is 5.32 Å². The van der Waals surface area contributed by atoms with Crippen LogP contribution in [0.3, 0.4) is 0 Å². The molecule has 1 aromatic carbocycles. The molecule has 0 unspecified atom stereocenters. The molecule has 122 valence electrons. The molecule has 0 radical (unpaired) electrons. The molecule has 1 N–H and O–H groups in total. The van der Waals surface area contributed by atoms with Crippen LogP contribution in [0.4, 0.5) is 5.69 Å². The van der Waals surface area contributed by atoms with Crippen molar-refractivity contribution in [3.05, 3.63) is 41.7 Å². The van der Waals surface area contributed by atoms with Crippen LogP contribution in [-0.4, -0.2) is 24.1 Å². The average molecular weight is 349 g/mol. The molecule has 1 fully saturated rings.